The van der Waals surface area contributed by atoms with Crippen molar-refractivity contribution >= 4 is 13.6 Å². The van der Waals surface area contributed by atoms with Crippen LogP contribution in [-0.4, -0.2) is 47.3 Å². The van der Waals surface area contributed by atoms with Crippen LogP contribution in [-0.2, 0) is 24.1 Å². The largest absolute Gasteiger partial charge is 0.573 e. The van der Waals surface area contributed by atoms with E-state index >= 15 is 0 Å². The molecule has 1 fully saturated rings. The van der Waals surface area contributed by atoms with Crippen molar-refractivity contribution in [2.75, 3.05) is 20.2 Å². The quantitative estimate of drug-likeness (QED) is 0.126. The first-order valence-corrected chi connectivity index (χ1v) is 19.0. The van der Waals surface area contributed by atoms with Crippen molar-refractivity contribution in [3.63, 3.8) is 0 Å². The van der Waals surface area contributed by atoms with Gasteiger partial charge in [-0.2, -0.15) is 0 Å². The van der Waals surface area contributed by atoms with Crippen LogP contribution in [0.5, 0.6) is 28.7 Å². The molecule has 54 heavy (non-hydrogen) atoms. The molecule has 2 heterocycles. The molecular weight excluding hydrogens is 718 g/mol. The van der Waals surface area contributed by atoms with E-state index in [0.717, 1.165) is 36.3 Å². The van der Waals surface area contributed by atoms with Gasteiger partial charge in [-0.25, -0.2) is 4.57 Å². The van der Waals surface area contributed by atoms with Crippen molar-refractivity contribution in [2.24, 2.45) is 4.76 Å². The van der Waals surface area contributed by atoms with Gasteiger partial charge < -0.3 is 28.5 Å². The maximum atomic E-state index is 14.9. The monoisotopic (exact) mass is 757 g/mol. The molecule has 13 heteroatoms. The van der Waals surface area contributed by atoms with Crippen molar-refractivity contribution in [1.29, 1.82) is 0 Å². The summed E-state index contributed by atoms with van der Waals surface area (Å²) in [6.07, 6.45) is -2.48. The van der Waals surface area contributed by atoms with Crippen LogP contribution >= 0.6 is 7.75 Å². The normalized spacial score (nSPS) is 16.9. The number of methoxy groups -OCH3 is 1. The van der Waals surface area contributed by atoms with Crippen molar-refractivity contribution in [3.8, 4) is 28.7 Å². The minimum Gasteiger partial charge on any atom is -0.504 e. The average molecular weight is 758 g/mol. The fourth-order valence-electron chi connectivity index (χ4n) is 6.89. The van der Waals surface area contributed by atoms with Crippen LogP contribution < -0.4 is 18.5 Å². The lowest BCUT2D eigenvalue weighted by molar-refractivity contribution is -0.274. The molecule has 0 amide bonds. The molecule has 0 aromatic heterocycles. The number of para-hydroxylation sites is 2. The van der Waals surface area contributed by atoms with Crippen LogP contribution in [0.4, 0.5) is 13.2 Å². The summed E-state index contributed by atoms with van der Waals surface area (Å²) in [6.45, 7) is 2.92. The standard InChI is InChI=1S/C41H39F3N3O6P/c1-50-38-26-36-32(24-37(38)48)25-39(45-54(49,52-33-12-4-2-5-13-33)53-34-14-6-3-7-15-34)47(28-30-11-10-16-35(23-30)51-41(42,43)44)40(36)31-19-17-29(18-20-31)27-46-21-8-9-22-46/h2-7,10-20,23-24,26,40,48H,8-9,21-22,25,27-28H2,1H3/b45-39-. The summed E-state index contributed by atoms with van der Waals surface area (Å²) in [5.41, 5.74) is 3.87. The van der Waals surface area contributed by atoms with E-state index in [-0.39, 0.29) is 47.5 Å². The van der Waals surface area contributed by atoms with E-state index in [0.29, 0.717) is 11.1 Å². The fourth-order valence-corrected chi connectivity index (χ4v) is 8.26. The first-order chi connectivity index (χ1) is 26.0. The van der Waals surface area contributed by atoms with Gasteiger partial charge >= 0.3 is 14.1 Å². The highest BCUT2D eigenvalue weighted by Crippen LogP contribution is 2.52. The van der Waals surface area contributed by atoms with Gasteiger partial charge in [-0.05, 0) is 102 Å². The van der Waals surface area contributed by atoms with E-state index in [9.17, 15) is 22.8 Å². The van der Waals surface area contributed by atoms with Crippen LogP contribution in [0, 0.1) is 0 Å². The van der Waals surface area contributed by atoms with Crippen molar-refractivity contribution in [2.45, 2.75) is 44.8 Å². The molecule has 9 nitrogen and oxygen atoms in total. The number of fused-ring (bicyclic) bond motifs is 1. The molecule has 0 radical (unpaired) electrons. The number of amidine groups is 1. The lowest BCUT2D eigenvalue weighted by atomic mass is 9.86. The predicted molar refractivity (Wildman–Crippen MR) is 199 cm³/mol. The van der Waals surface area contributed by atoms with Gasteiger partial charge in [-0.1, -0.05) is 72.8 Å². The Morgan fingerprint density at radius 3 is 2.02 bits per heavy atom. The molecule has 2 aliphatic heterocycles. The van der Waals surface area contributed by atoms with Gasteiger partial charge in [-0.3, -0.25) is 4.90 Å². The summed E-state index contributed by atoms with van der Waals surface area (Å²) >= 11 is 0. The van der Waals surface area contributed by atoms with Gasteiger partial charge in [0.1, 0.15) is 23.1 Å². The van der Waals surface area contributed by atoms with Crippen LogP contribution in [0.3, 0.4) is 0 Å². The summed E-state index contributed by atoms with van der Waals surface area (Å²) < 4.78 is 81.5. The van der Waals surface area contributed by atoms with Crippen LogP contribution in [0.2, 0.25) is 0 Å². The Kier molecular flexibility index (Phi) is 10.8. The molecule has 7 rings (SSSR count). The fraction of sp³-hybridized carbons (Fsp3) is 0.244. The van der Waals surface area contributed by atoms with Crippen LogP contribution in [0.1, 0.15) is 46.7 Å². The van der Waals surface area contributed by atoms with Gasteiger partial charge in [0, 0.05) is 19.5 Å². The SMILES string of the molecule is COc1cc2c(cc1O)C/C(=N/P(=O)(Oc1ccccc1)Oc1ccccc1)N(Cc1cccc(OC(F)(F)F)c1)C2c1ccc(CN2CCCC2)cc1. The van der Waals surface area contributed by atoms with E-state index in [2.05, 4.69) is 21.8 Å². The second-order valence-electron chi connectivity index (χ2n) is 13.1. The number of nitrogens with zero attached hydrogens (tertiary/aromatic N) is 3. The summed E-state index contributed by atoms with van der Waals surface area (Å²) in [5.74, 6) is 0.550. The molecule has 0 aliphatic carbocycles. The van der Waals surface area contributed by atoms with Gasteiger partial charge in [0.2, 0.25) is 0 Å². The number of halogens is 3. The van der Waals surface area contributed by atoms with Gasteiger partial charge in [-0.15, -0.1) is 17.9 Å². The van der Waals surface area contributed by atoms with Crippen LogP contribution in [0.15, 0.2) is 126 Å². The molecule has 1 atom stereocenters. The number of hydrogen-bond acceptors (Lipinski definition) is 7. The van der Waals surface area contributed by atoms with Gasteiger partial charge in [0.25, 0.3) is 0 Å². The zero-order chi connectivity index (χ0) is 37.7. The van der Waals surface area contributed by atoms with Gasteiger partial charge in [0.05, 0.1) is 13.2 Å². The third kappa shape index (κ3) is 9.01. The molecule has 5 aromatic rings. The van der Waals surface area contributed by atoms with Crippen molar-refractivity contribution in [3.05, 3.63) is 149 Å². The molecule has 2 aliphatic rings. The first-order valence-electron chi connectivity index (χ1n) is 17.5. The zero-order valence-corrected chi connectivity index (χ0v) is 30.4. The summed E-state index contributed by atoms with van der Waals surface area (Å²) in [6, 6.07) is 33.6. The van der Waals surface area contributed by atoms with E-state index < -0.39 is 20.2 Å². The maximum absolute atomic E-state index is 14.9. The molecule has 0 spiro atoms. The molecule has 1 N–H and O–H groups in total. The Balaban J connectivity index is 1.38. The third-order valence-electron chi connectivity index (χ3n) is 9.28. The topological polar surface area (TPSA) is 93.1 Å². The Morgan fingerprint density at radius 1 is 0.778 bits per heavy atom. The second kappa shape index (κ2) is 15.9. The highest BCUT2D eigenvalue weighted by molar-refractivity contribution is 7.53. The number of alkyl halides is 3. The smallest absolute Gasteiger partial charge is 0.504 e. The molecule has 0 saturated carbocycles. The Hall–Kier alpha value is -5.45. The maximum Gasteiger partial charge on any atom is 0.573 e. The van der Waals surface area contributed by atoms with E-state index in [4.69, 9.17) is 18.5 Å². The number of rotatable bonds is 12. The minimum absolute atomic E-state index is 0.0212. The summed E-state index contributed by atoms with van der Waals surface area (Å²) in [5, 5.41) is 10.9. The zero-order valence-electron chi connectivity index (χ0n) is 29.5. The first kappa shape index (κ1) is 36.9. The predicted octanol–water partition coefficient (Wildman–Crippen LogP) is 9.71. The van der Waals surface area contributed by atoms with Gasteiger partial charge in [0.15, 0.2) is 11.5 Å². The second-order valence-corrected chi connectivity index (χ2v) is 14.6. The Bertz CT molecular complexity index is 2080. The van der Waals surface area contributed by atoms with E-state index in [1.165, 1.54) is 38.2 Å². The lowest BCUT2D eigenvalue weighted by Crippen LogP contribution is -2.40. The summed E-state index contributed by atoms with van der Waals surface area (Å²) in [4.78, 5) is 4.28. The Morgan fingerprint density at radius 2 is 1.41 bits per heavy atom. The molecule has 1 unspecified atom stereocenters. The lowest BCUT2D eigenvalue weighted by Gasteiger charge is -2.40. The number of hydrogen-bond donors (Lipinski definition) is 1. The van der Waals surface area contributed by atoms with Crippen LogP contribution in [0.25, 0.3) is 0 Å². The summed E-state index contributed by atoms with van der Waals surface area (Å²) in [7, 11) is -2.95. The number of ether oxygens (including phenoxy) is 2. The number of aromatic hydroxyl groups is 1. The van der Waals surface area contributed by atoms with Crippen molar-refractivity contribution < 1.29 is 41.4 Å². The van der Waals surface area contributed by atoms with E-state index in [1.54, 1.807) is 78.9 Å². The number of phenols is 1. The van der Waals surface area contributed by atoms with Crippen molar-refractivity contribution in [1.82, 2.24) is 9.80 Å². The molecular formula is C41H39F3N3O6P. The number of benzene rings is 5. The van der Waals surface area contributed by atoms with E-state index in [1.807, 2.05) is 17.0 Å². The number of likely N-dealkylation sites (tertiary alicyclic amines) is 1. The molecule has 5 aromatic carbocycles. The average Bonchev–Trinajstić information content (AvgIpc) is 3.65. The molecule has 0 bridgehead atoms. The number of phenolic OH excluding ortho intramolecular Hbond substituents is 1. The Labute approximate surface area is 311 Å². The molecule has 280 valence electrons. The minimum atomic E-state index is -4.89. The highest BCUT2D eigenvalue weighted by Gasteiger charge is 2.38. The third-order valence-corrected chi connectivity index (χ3v) is 10.6. The highest BCUT2D eigenvalue weighted by atomic mass is 31.2. The molecule has 1 saturated heterocycles.